The van der Waals surface area contributed by atoms with Crippen LogP contribution in [0.2, 0.25) is 0 Å². The molecule has 0 spiro atoms. The lowest BCUT2D eigenvalue weighted by Crippen LogP contribution is -2.37. The maximum Gasteiger partial charge on any atom is 0.238 e. The van der Waals surface area contributed by atoms with Gasteiger partial charge >= 0.3 is 0 Å². The van der Waals surface area contributed by atoms with Gasteiger partial charge in [-0.3, -0.25) is 9.69 Å². The maximum absolute atomic E-state index is 11.9. The van der Waals surface area contributed by atoms with Crippen molar-refractivity contribution >= 4 is 23.4 Å². The van der Waals surface area contributed by atoms with Gasteiger partial charge in [-0.2, -0.15) is 17.0 Å². The van der Waals surface area contributed by atoms with Crippen LogP contribution in [0.4, 0.5) is 5.69 Å². The highest BCUT2D eigenvalue weighted by molar-refractivity contribution is 7.98. The van der Waals surface area contributed by atoms with Crippen LogP contribution in [0.1, 0.15) is 12.5 Å². The minimum Gasteiger partial charge on any atom is -0.324 e. The van der Waals surface area contributed by atoms with Crippen molar-refractivity contribution in [1.82, 2.24) is 4.90 Å². The summed E-state index contributed by atoms with van der Waals surface area (Å²) in [6.07, 6.45) is 2.05. The number of amides is 1. The second-order valence-corrected chi connectivity index (χ2v) is 5.34. The number of anilines is 1. The summed E-state index contributed by atoms with van der Waals surface area (Å²) >= 11 is 1.76. The van der Waals surface area contributed by atoms with Gasteiger partial charge < -0.3 is 5.32 Å². The van der Waals surface area contributed by atoms with Gasteiger partial charge in [0.25, 0.3) is 0 Å². The Balaban J connectivity index is 2.58. The van der Waals surface area contributed by atoms with E-state index in [9.17, 15) is 4.79 Å². The predicted molar refractivity (Wildman–Crippen MR) is 80.3 cm³/mol. The number of thioether (sulfide) groups is 1. The number of rotatable bonds is 6. The summed E-state index contributed by atoms with van der Waals surface area (Å²) in [5, 5.41) is 11.7. The Morgan fingerprint density at radius 1 is 1.53 bits per heavy atom. The van der Waals surface area contributed by atoms with Crippen LogP contribution in [0.15, 0.2) is 24.3 Å². The first-order chi connectivity index (χ1) is 9.08. The van der Waals surface area contributed by atoms with Crippen molar-refractivity contribution in [1.29, 1.82) is 5.26 Å². The lowest BCUT2D eigenvalue weighted by atomic mass is 10.2. The second kappa shape index (κ2) is 7.82. The van der Waals surface area contributed by atoms with Crippen molar-refractivity contribution in [2.45, 2.75) is 13.0 Å². The fourth-order valence-electron chi connectivity index (χ4n) is 1.63. The number of carbonyl (C=O) groups is 1. The van der Waals surface area contributed by atoms with Crippen molar-refractivity contribution in [3.05, 3.63) is 29.8 Å². The quantitative estimate of drug-likeness (QED) is 0.866. The van der Waals surface area contributed by atoms with Crippen LogP contribution < -0.4 is 5.32 Å². The molecule has 1 atom stereocenters. The van der Waals surface area contributed by atoms with Crippen LogP contribution in [0, 0.1) is 11.3 Å². The fourth-order valence-corrected chi connectivity index (χ4v) is 2.37. The van der Waals surface area contributed by atoms with Gasteiger partial charge in [-0.05, 0) is 32.4 Å². The molecule has 0 aromatic heterocycles. The average molecular weight is 277 g/mol. The van der Waals surface area contributed by atoms with Gasteiger partial charge in [0.05, 0.1) is 17.8 Å². The number of nitrogens with zero attached hydrogens (tertiary/aromatic N) is 2. The van der Waals surface area contributed by atoms with E-state index < -0.39 is 0 Å². The summed E-state index contributed by atoms with van der Waals surface area (Å²) < 4.78 is 0. The zero-order valence-electron chi connectivity index (χ0n) is 11.5. The van der Waals surface area contributed by atoms with Gasteiger partial charge in [0.1, 0.15) is 6.07 Å². The molecule has 0 aliphatic carbocycles. The molecule has 0 saturated carbocycles. The van der Waals surface area contributed by atoms with E-state index in [1.807, 2.05) is 18.2 Å². The standard InChI is InChI=1S/C14H19N3OS/c1-11(10-19-3)17(2)9-14(18)16-13-7-5-4-6-12(13)8-15/h4-7,11H,9-10H2,1-3H3,(H,16,18). The van der Waals surface area contributed by atoms with E-state index in [1.165, 1.54) is 0 Å². The van der Waals surface area contributed by atoms with Crippen LogP contribution in [0.5, 0.6) is 0 Å². The van der Waals surface area contributed by atoms with Crippen LogP contribution in [-0.4, -0.2) is 42.4 Å². The Bertz CT molecular complexity index is 470. The highest BCUT2D eigenvalue weighted by Crippen LogP contribution is 2.13. The van der Waals surface area contributed by atoms with E-state index in [2.05, 4.69) is 18.3 Å². The summed E-state index contributed by atoms with van der Waals surface area (Å²) in [6.45, 7) is 2.41. The van der Waals surface area contributed by atoms with Crippen molar-refractivity contribution in [2.75, 3.05) is 30.9 Å². The number of likely N-dealkylation sites (N-methyl/N-ethyl adjacent to an activating group) is 1. The molecular weight excluding hydrogens is 258 g/mol. The number of benzene rings is 1. The topological polar surface area (TPSA) is 56.1 Å². The van der Waals surface area contributed by atoms with Gasteiger partial charge in [0.15, 0.2) is 0 Å². The molecular formula is C14H19N3OS. The fraction of sp³-hybridized carbons (Fsp3) is 0.429. The lowest BCUT2D eigenvalue weighted by molar-refractivity contribution is -0.117. The third kappa shape index (κ3) is 4.93. The Morgan fingerprint density at radius 3 is 2.84 bits per heavy atom. The van der Waals surface area contributed by atoms with Crippen LogP contribution in [0.25, 0.3) is 0 Å². The summed E-state index contributed by atoms with van der Waals surface area (Å²) in [4.78, 5) is 13.9. The van der Waals surface area contributed by atoms with E-state index in [0.29, 0.717) is 23.8 Å². The van der Waals surface area contributed by atoms with Gasteiger partial charge in [-0.1, -0.05) is 12.1 Å². The molecule has 0 saturated heterocycles. The highest BCUT2D eigenvalue weighted by atomic mass is 32.2. The van der Waals surface area contributed by atoms with Crippen molar-refractivity contribution in [2.24, 2.45) is 0 Å². The summed E-state index contributed by atoms with van der Waals surface area (Å²) in [7, 11) is 1.93. The smallest absolute Gasteiger partial charge is 0.238 e. The van der Waals surface area contributed by atoms with Gasteiger partial charge in [0.2, 0.25) is 5.91 Å². The molecule has 1 amide bonds. The highest BCUT2D eigenvalue weighted by Gasteiger charge is 2.13. The number of hydrogen-bond donors (Lipinski definition) is 1. The molecule has 1 rings (SSSR count). The predicted octanol–water partition coefficient (Wildman–Crippen LogP) is 2.18. The molecule has 0 bridgehead atoms. The van der Waals surface area contributed by atoms with E-state index in [0.717, 1.165) is 5.75 Å². The Labute approximate surface area is 118 Å². The van der Waals surface area contributed by atoms with Crippen molar-refractivity contribution in [3.8, 4) is 6.07 Å². The molecule has 1 N–H and O–H groups in total. The zero-order chi connectivity index (χ0) is 14.3. The van der Waals surface area contributed by atoms with Gasteiger partial charge in [-0.15, -0.1) is 0 Å². The van der Waals surface area contributed by atoms with Gasteiger partial charge in [-0.25, -0.2) is 0 Å². The monoisotopic (exact) mass is 277 g/mol. The largest absolute Gasteiger partial charge is 0.324 e. The summed E-state index contributed by atoms with van der Waals surface area (Å²) in [5.74, 6) is 0.886. The molecule has 1 aromatic rings. The molecule has 0 aliphatic heterocycles. The molecule has 0 radical (unpaired) electrons. The van der Waals surface area contributed by atoms with E-state index in [4.69, 9.17) is 5.26 Å². The summed E-state index contributed by atoms with van der Waals surface area (Å²) in [5.41, 5.74) is 1.05. The molecule has 1 aromatic carbocycles. The van der Waals surface area contributed by atoms with Crippen LogP contribution >= 0.6 is 11.8 Å². The van der Waals surface area contributed by atoms with Gasteiger partial charge in [0, 0.05) is 11.8 Å². The molecule has 102 valence electrons. The van der Waals surface area contributed by atoms with Crippen molar-refractivity contribution < 1.29 is 4.79 Å². The summed E-state index contributed by atoms with van der Waals surface area (Å²) in [6, 6.07) is 9.41. The van der Waals surface area contributed by atoms with Crippen LogP contribution in [-0.2, 0) is 4.79 Å². The van der Waals surface area contributed by atoms with E-state index in [1.54, 1.807) is 36.0 Å². The third-order valence-corrected chi connectivity index (χ3v) is 3.69. The Hall–Kier alpha value is -1.51. The first-order valence-corrected chi connectivity index (χ1v) is 7.46. The Kier molecular flexibility index (Phi) is 6.40. The normalized spacial score (nSPS) is 11.9. The number of nitrogens with one attached hydrogen (secondary N) is 1. The minimum atomic E-state index is -0.0989. The molecule has 1 unspecified atom stereocenters. The molecule has 4 nitrogen and oxygen atoms in total. The number of hydrogen-bond acceptors (Lipinski definition) is 4. The number of carbonyl (C=O) groups excluding carboxylic acids is 1. The molecule has 19 heavy (non-hydrogen) atoms. The number of nitriles is 1. The SMILES string of the molecule is CSCC(C)N(C)CC(=O)Nc1ccccc1C#N. The second-order valence-electron chi connectivity index (χ2n) is 4.43. The molecule has 0 heterocycles. The zero-order valence-corrected chi connectivity index (χ0v) is 12.3. The third-order valence-electron chi connectivity index (χ3n) is 2.87. The number of para-hydroxylation sites is 1. The van der Waals surface area contributed by atoms with Crippen molar-refractivity contribution in [3.63, 3.8) is 0 Å². The van der Waals surface area contributed by atoms with E-state index in [-0.39, 0.29) is 5.91 Å². The Morgan fingerprint density at radius 2 is 2.21 bits per heavy atom. The average Bonchev–Trinajstić information content (AvgIpc) is 2.39. The lowest BCUT2D eigenvalue weighted by Gasteiger charge is -2.23. The minimum absolute atomic E-state index is 0.0989. The molecule has 0 fully saturated rings. The van der Waals surface area contributed by atoms with Crippen LogP contribution in [0.3, 0.4) is 0 Å². The first-order valence-electron chi connectivity index (χ1n) is 6.06. The molecule has 0 aliphatic rings. The maximum atomic E-state index is 11.9. The molecule has 5 heteroatoms. The first kappa shape index (κ1) is 15.5. The van der Waals surface area contributed by atoms with E-state index >= 15 is 0 Å².